The second-order valence-electron chi connectivity index (χ2n) is 5.04. The number of carbonyl (C=O) groups excluding carboxylic acids is 1. The number of benzene rings is 1. The molecule has 1 atom stereocenters. The van der Waals surface area contributed by atoms with Crippen LogP contribution in [0.4, 0.5) is 5.69 Å². The number of halogens is 1. The number of hydrogen-bond donors (Lipinski definition) is 1. The van der Waals surface area contributed by atoms with Crippen LogP contribution in [0.15, 0.2) is 24.3 Å². The molecule has 0 aromatic heterocycles. The molecule has 1 heterocycles. The first-order valence-corrected chi connectivity index (χ1v) is 7.52. The van der Waals surface area contributed by atoms with E-state index in [9.17, 15) is 4.79 Å². The molecule has 0 aliphatic carbocycles. The zero-order chi connectivity index (χ0) is 14.5. The fraction of sp³-hybridized carbons (Fsp3) is 0.533. The van der Waals surface area contributed by atoms with Crippen molar-refractivity contribution in [2.75, 3.05) is 37.6 Å². The average molecular weight is 296 g/mol. The van der Waals surface area contributed by atoms with Crippen molar-refractivity contribution in [1.29, 1.82) is 0 Å². The minimum Gasteiger partial charge on any atom is -0.368 e. The monoisotopic (exact) mass is 295 g/mol. The summed E-state index contributed by atoms with van der Waals surface area (Å²) in [6.45, 7) is 8.15. The van der Waals surface area contributed by atoms with Gasteiger partial charge >= 0.3 is 0 Å². The van der Waals surface area contributed by atoms with Gasteiger partial charge in [-0.05, 0) is 26.0 Å². The Hall–Kier alpha value is -1.26. The van der Waals surface area contributed by atoms with Crippen LogP contribution in [0.2, 0.25) is 5.02 Å². The minimum atomic E-state index is -0.0663. The Bertz CT molecular complexity index is 458. The maximum Gasteiger partial charge on any atom is 0.237 e. The molecule has 0 unspecified atom stereocenters. The van der Waals surface area contributed by atoms with Crippen LogP contribution in [0.5, 0.6) is 0 Å². The SMILES string of the molecule is CCNC(=O)[C@H](C)N1CCN(c2ccccc2Cl)CC1. The van der Waals surface area contributed by atoms with Crippen molar-refractivity contribution in [2.24, 2.45) is 0 Å². The molecule has 0 saturated carbocycles. The summed E-state index contributed by atoms with van der Waals surface area (Å²) in [5.41, 5.74) is 1.08. The Morgan fingerprint density at radius 1 is 1.30 bits per heavy atom. The van der Waals surface area contributed by atoms with Crippen molar-refractivity contribution >= 4 is 23.2 Å². The number of anilines is 1. The van der Waals surface area contributed by atoms with Crippen molar-refractivity contribution in [1.82, 2.24) is 10.2 Å². The van der Waals surface area contributed by atoms with Gasteiger partial charge in [0.15, 0.2) is 0 Å². The summed E-state index contributed by atoms with van der Waals surface area (Å²) in [5.74, 6) is 0.110. The van der Waals surface area contributed by atoms with E-state index in [-0.39, 0.29) is 11.9 Å². The van der Waals surface area contributed by atoms with Gasteiger partial charge in [0, 0.05) is 32.7 Å². The van der Waals surface area contributed by atoms with Crippen LogP contribution in [0, 0.1) is 0 Å². The second-order valence-corrected chi connectivity index (χ2v) is 5.45. The van der Waals surface area contributed by atoms with Gasteiger partial charge in [-0.25, -0.2) is 0 Å². The van der Waals surface area contributed by atoms with Crippen LogP contribution in [-0.4, -0.2) is 49.6 Å². The van der Waals surface area contributed by atoms with Gasteiger partial charge in [0.05, 0.1) is 16.8 Å². The van der Waals surface area contributed by atoms with Gasteiger partial charge < -0.3 is 10.2 Å². The normalized spacial score (nSPS) is 17.9. The molecule has 5 heteroatoms. The number of likely N-dealkylation sites (N-methyl/N-ethyl adjacent to an activating group) is 1. The topological polar surface area (TPSA) is 35.6 Å². The Balaban J connectivity index is 1.92. The number of amides is 1. The number of para-hydroxylation sites is 1. The lowest BCUT2D eigenvalue weighted by atomic mass is 10.2. The number of nitrogens with zero attached hydrogens (tertiary/aromatic N) is 2. The molecule has 0 spiro atoms. The lowest BCUT2D eigenvalue weighted by molar-refractivity contribution is -0.125. The van der Waals surface area contributed by atoms with E-state index in [0.29, 0.717) is 6.54 Å². The molecule has 0 bridgehead atoms. The quantitative estimate of drug-likeness (QED) is 0.923. The van der Waals surface area contributed by atoms with E-state index in [1.54, 1.807) is 0 Å². The Morgan fingerprint density at radius 3 is 2.55 bits per heavy atom. The molecule has 1 aliphatic heterocycles. The van der Waals surface area contributed by atoms with Gasteiger partial charge in [0.2, 0.25) is 5.91 Å². The van der Waals surface area contributed by atoms with E-state index < -0.39 is 0 Å². The molecular formula is C15H22ClN3O. The van der Waals surface area contributed by atoms with Crippen molar-refractivity contribution < 1.29 is 4.79 Å². The number of nitrogens with one attached hydrogen (secondary N) is 1. The highest BCUT2D eigenvalue weighted by Crippen LogP contribution is 2.26. The number of hydrogen-bond acceptors (Lipinski definition) is 3. The predicted molar refractivity (Wildman–Crippen MR) is 83.4 cm³/mol. The van der Waals surface area contributed by atoms with Crippen LogP contribution in [0.1, 0.15) is 13.8 Å². The summed E-state index contributed by atoms with van der Waals surface area (Å²) in [7, 11) is 0. The molecular weight excluding hydrogens is 274 g/mol. The molecule has 1 N–H and O–H groups in total. The molecule has 1 saturated heterocycles. The molecule has 2 rings (SSSR count). The first-order chi connectivity index (χ1) is 9.63. The summed E-state index contributed by atoms with van der Waals surface area (Å²) in [4.78, 5) is 16.4. The fourth-order valence-corrected chi connectivity index (χ4v) is 2.80. The standard InChI is InChI=1S/C15H22ClN3O/c1-3-17-15(20)12(2)18-8-10-19(11-9-18)14-7-5-4-6-13(14)16/h4-7,12H,3,8-11H2,1-2H3,(H,17,20)/t12-/m0/s1. The zero-order valence-electron chi connectivity index (χ0n) is 12.1. The molecule has 1 aromatic carbocycles. The third kappa shape index (κ3) is 3.44. The second kappa shape index (κ2) is 6.95. The van der Waals surface area contributed by atoms with Crippen molar-refractivity contribution in [3.05, 3.63) is 29.3 Å². The van der Waals surface area contributed by atoms with Gasteiger partial charge in [0.25, 0.3) is 0 Å². The van der Waals surface area contributed by atoms with Crippen LogP contribution < -0.4 is 10.2 Å². The van der Waals surface area contributed by atoms with Crippen LogP contribution in [0.25, 0.3) is 0 Å². The van der Waals surface area contributed by atoms with E-state index in [2.05, 4.69) is 15.1 Å². The van der Waals surface area contributed by atoms with Crippen molar-refractivity contribution in [3.63, 3.8) is 0 Å². The first-order valence-electron chi connectivity index (χ1n) is 7.14. The number of piperazine rings is 1. The van der Waals surface area contributed by atoms with Gasteiger partial charge in [-0.2, -0.15) is 0 Å². The summed E-state index contributed by atoms with van der Waals surface area (Å²) < 4.78 is 0. The minimum absolute atomic E-state index is 0.0663. The molecule has 110 valence electrons. The average Bonchev–Trinajstić information content (AvgIpc) is 2.47. The van der Waals surface area contributed by atoms with Gasteiger partial charge in [-0.1, -0.05) is 23.7 Å². The lowest BCUT2D eigenvalue weighted by Crippen LogP contribution is -2.54. The molecule has 4 nitrogen and oxygen atoms in total. The molecule has 1 aromatic rings. The first kappa shape index (κ1) is 15.1. The lowest BCUT2D eigenvalue weighted by Gasteiger charge is -2.38. The predicted octanol–water partition coefficient (Wildman–Crippen LogP) is 1.99. The molecule has 1 fully saturated rings. The summed E-state index contributed by atoms with van der Waals surface area (Å²) >= 11 is 6.23. The molecule has 1 aliphatic rings. The van der Waals surface area contributed by atoms with Crippen LogP contribution in [-0.2, 0) is 4.79 Å². The summed E-state index contributed by atoms with van der Waals surface area (Å²) in [6, 6.07) is 7.85. The van der Waals surface area contributed by atoms with E-state index in [0.717, 1.165) is 36.9 Å². The zero-order valence-corrected chi connectivity index (χ0v) is 12.9. The van der Waals surface area contributed by atoms with E-state index in [1.807, 2.05) is 38.1 Å². The van der Waals surface area contributed by atoms with Gasteiger partial charge in [0.1, 0.15) is 0 Å². The van der Waals surface area contributed by atoms with Gasteiger partial charge in [-0.15, -0.1) is 0 Å². The Morgan fingerprint density at radius 2 is 1.95 bits per heavy atom. The highest BCUT2D eigenvalue weighted by atomic mass is 35.5. The van der Waals surface area contributed by atoms with E-state index in [4.69, 9.17) is 11.6 Å². The van der Waals surface area contributed by atoms with Crippen LogP contribution in [0.3, 0.4) is 0 Å². The summed E-state index contributed by atoms with van der Waals surface area (Å²) in [5, 5.41) is 3.67. The largest absolute Gasteiger partial charge is 0.368 e. The highest BCUT2D eigenvalue weighted by molar-refractivity contribution is 6.33. The van der Waals surface area contributed by atoms with Gasteiger partial charge in [-0.3, -0.25) is 9.69 Å². The van der Waals surface area contributed by atoms with E-state index in [1.165, 1.54) is 0 Å². The highest BCUT2D eigenvalue weighted by Gasteiger charge is 2.25. The third-order valence-electron chi connectivity index (χ3n) is 3.79. The maximum absolute atomic E-state index is 11.9. The smallest absolute Gasteiger partial charge is 0.237 e. The maximum atomic E-state index is 11.9. The number of rotatable bonds is 4. The molecule has 0 radical (unpaired) electrons. The van der Waals surface area contributed by atoms with Crippen molar-refractivity contribution in [2.45, 2.75) is 19.9 Å². The fourth-order valence-electron chi connectivity index (χ4n) is 2.55. The van der Waals surface area contributed by atoms with Crippen molar-refractivity contribution in [3.8, 4) is 0 Å². The molecule has 1 amide bonds. The summed E-state index contributed by atoms with van der Waals surface area (Å²) in [6.07, 6.45) is 0. The molecule has 20 heavy (non-hydrogen) atoms. The Kier molecular flexibility index (Phi) is 5.26. The Labute approximate surface area is 125 Å². The third-order valence-corrected chi connectivity index (χ3v) is 4.11. The number of carbonyl (C=O) groups is 1. The van der Waals surface area contributed by atoms with E-state index >= 15 is 0 Å². The van der Waals surface area contributed by atoms with Crippen LogP contribution >= 0.6 is 11.6 Å².